The van der Waals surface area contributed by atoms with Gasteiger partial charge in [-0.15, -0.1) is 0 Å². The molecule has 0 aliphatic rings. The first kappa shape index (κ1) is 18.8. The van der Waals surface area contributed by atoms with Crippen molar-refractivity contribution in [3.63, 3.8) is 0 Å². The van der Waals surface area contributed by atoms with Gasteiger partial charge in [-0.3, -0.25) is 0 Å². The Morgan fingerprint density at radius 3 is 2.28 bits per heavy atom. The Kier molecular flexibility index (Phi) is 6.80. The minimum atomic E-state index is -1.76. The number of benzene rings is 2. The molecule has 0 bridgehead atoms. The summed E-state index contributed by atoms with van der Waals surface area (Å²) in [5, 5.41) is 21.8. The van der Waals surface area contributed by atoms with E-state index in [2.05, 4.69) is 5.32 Å². The smallest absolute Gasteiger partial charge is 0.407 e. The predicted octanol–water partition coefficient (Wildman–Crippen LogP) is 2.62. The number of carbonyl (C=O) groups excluding carboxylic acids is 1. The first-order valence-corrected chi connectivity index (χ1v) is 7.96. The molecule has 2 atom stereocenters. The van der Waals surface area contributed by atoms with Crippen molar-refractivity contribution in [1.29, 1.82) is 0 Å². The van der Waals surface area contributed by atoms with E-state index in [0.717, 1.165) is 11.1 Å². The first-order valence-electron chi connectivity index (χ1n) is 7.58. The van der Waals surface area contributed by atoms with Crippen LogP contribution in [0, 0.1) is 0 Å². The molecule has 0 aliphatic heterocycles. The van der Waals surface area contributed by atoms with E-state index in [9.17, 15) is 14.7 Å². The zero-order valence-corrected chi connectivity index (χ0v) is 14.0. The van der Waals surface area contributed by atoms with Gasteiger partial charge in [0.25, 0.3) is 0 Å². The second kappa shape index (κ2) is 9.05. The number of aliphatic hydroxyl groups is 1. The van der Waals surface area contributed by atoms with Crippen LogP contribution in [0.25, 0.3) is 0 Å². The van der Waals surface area contributed by atoms with Crippen LogP contribution in [-0.4, -0.2) is 34.4 Å². The summed E-state index contributed by atoms with van der Waals surface area (Å²) in [6.45, 7) is 0.0451. The van der Waals surface area contributed by atoms with E-state index < -0.39 is 24.2 Å². The molecular formula is C18H18ClNO5. The van der Waals surface area contributed by atoms with E-state index in [-0.39, 0.29) is 13.0 Å². The maximum atomic E-state index is 11.9. The summed E-state index contributed by atoms with van der Waals surface area (Å²) in [5.74, 6) is -1.43. The summed E-state index contributed by atoms with van der Waals surface area (Å²) in [4.78, 5) is 23.0. The molecule has 0 fully saturated rings. The largest absolute Gasteiger partial charge is 0.479 e. The van der Waals surface area contributed by atoms with Crippen LogP contribution in [0.4, 0.5) is 4.79 Å². The molecule has 132 valence electrons. The summed E-state index contributed by atoms with van der Waals surface area (Å²) >= 11 is 5.81. The van der Waals surface area contributed by atoms with Gasteiger partial charge >= 0.3 is 12.1 Å². The summed E-state index contributed by atoms with van der Waals surface area (Å²) in [7, 11) is 0. The van der Waals surface area contributed by atoms with Crippen molar-refractivity contribution in [3.8, 4) is 0 Å². The highest BCUT2D eigenvalue weighted by molar-refractivity contribution is 6.30. The molecule has 2 aromatic rings. The highest BCUT2D eigenvalue weighted by Crippen LogP contribution is 2.13. The number of alkyl carbamates (subject to hydrolysis) is 1. The molecule has 0 saturated heterocycles. The normalized spacial score (nSPS) is 12.9. The molecule has 0 radical (unpaired) electrons. The number of carbonyl (C=O) groups is 2. The van der Waals surface area contributed by atoms with Crippen molar-refractivity contribution >= 4 is 23.7 Å². The number of carboxylic acids is 1. The molecule has 7 heteroatoms. The lowest BCUT2D eigenvalue weighted by Crippen LogP contribution is -2.48. The van der Waals surface area contributed by atoms with Crippen molar-refractivity contribution in [2.45, 2.75) is 25.2 Å². The first-order chi connectivity index (χ1) is 12.0. The van der Waals surface area contributed by atoms with Crippen LogP contribution >= 0.6 is 11.6 Å². The van der Waals surface area contributed by atoms with E-state index in [1.54, 1.807) is 36.4 Å². The summed E-state index contributed by atoms with van der Waals surface area (Å²) in [6, 6.07) is 14.7. The second-order valence-corrected chi connectivity index (χ2v) is 5.86. The fourth-order valence-electron chi connectivity index (χ4n) is 2.20. The number of nitrogens with one attached hydrogen (secondary N) is 1. The lowest BCUT2D eigenvalue weighted by atomic mass is 10.0. The molecule has 0 saturated carbocycles. The third kappa shape index (κ3) is 6.10. The molecule has 1 amide bonds. The monoisotopic (exact) mass is 363 g/mol. The molecule has 2 unspecified atom stereocenters. The number of aliphatic carboxylic acids is 1. The van der Waals surface area contributed by atoms with Gasteiger partial charge in [0.05, 0.1) is 6.04 Å². The maximum absolute atomic E-state index is 11.9. The number of aliphatic hydroxyl groups excluding tert-OH is 1. The van der Waals surface area contributed by atoms with Crippen LogP contribution in [0.5, 0.6) is 0 Å². The van der Waals surface area contributed by atoms with Gasteiger partial charge < -0.3 is 20.3 Å². The van der Waals surface area contributed by atoms with Crippen LogP contribution in [0.15, 0.2) is 54.6 Å². The average Bonchev–Trinajstić information content (AvgIpc) is 2.61. The van der Waals surface area contributed by atoms with E-state index >= 15 is 0 Å². The third-order valence-corrected chi connectivity index (χ3v) is 3.77. The van der Waals surface area contributed by atoms with Crippen LogP contribution in [-0.2, 0) is 22.6 Å². The van der Waals surface area contributed by atoms with Gasteiger partial charge in [-0.1, -0.05) is 54.1 Å². The molecule has 6 nitrogen and oxygen atoms in total. The van der Waals surface area contributed by atoms with Crippen molar-refractivity contribution in [2.24, 2.45) is 0 Å². The zero-order valence-electron chi connectivity index (χ0n) is 13.3. The van der Waals surface area contributed by atoms with Gasteiger partial charge in [-0.05, 0) is 29.7 Å². The molecule has 2 aromatic carbocycles. The number of rotatable bonds is 7. The highest BCUT2D eigenvalue weighted by Gasteiger charge is 2.28. The lowest BCUT2D eigenvalue weighted by molar-refractivity contribution is -0.148. The molecule has 25 heavy (non-hydrogen) atoms. The lowest BCUT2D eigenvalue weighted by Gasteiger charge is -2.21. The molecule has 3 N–H and O–H groups in total. The van der Waals surface area contributed by atoms with E-state index in [1.807, 2.05) is 18.2 Å². The van der Waals surface area contributed by atoms with Crippen molar-refractivity contribution in [2.75, 3.05) is 0 Å². The second-order valence-electron chi connectivity index (χ2n) is 5.43. The minimum Gasteiger partial charge on any atom is -0.479 e. The molecular weight excluding hydrogens is 346 g/mol. The van der Waals surface area contributed by atoms with Crippen LogP contribution in [0.3, 0.4) is 0 Å². The number of ether oxygens (including phenoxy) is 1. The van der Waals surface area contributed by atoms with E-state index in [1.165, 1.54) is 0 Å². The Labute approximate surface area is 150 Å². The minimum absolute atomic E-state index is 0.0451. The van der Waals surface area contributed by atoms with Gasteiger partial charge in [0.1, 0.15) is 6.61 Å². The van der Waals surface area contributed by atoms with E-state index in [4.69, 9.17) is 21.4 Å². The Morgan fingerprint density at radius 1 is 1.04 bits per heavy atom. The Balaban J connectivity index is 1.98. The van der Waals surface area contributed by atoms with Gasteiger partial charge in [0.2, 0.25) is 0 Å². The van der Waals surface area contributed by atoms with Crippen molar-refractivity contribution in [3.05, 3.63) is 70.7 Å². The summed E-state index contributed by atoms with van der Waals surface area (Å²) in [6.07, 6.45) is -2.45. The SMILES string of the molecule is O=C(NC(Cc1ccc(Cl)cc1)C(O)C(=O)O)OCc1ccccc1. The van der Waals surface area contributed by atoms with Crippen molar-refractivity contribution in [1.82, 2.24) is 5.32 Å². The fraction of sp³-hybridized carbons (Fsp3) is 0.222. The van der Waals surface area contributed by atoms with Gasteiger partial charge in [-0.2, -0.15) is 0 Å². The average molecular weight is 364 g/mol. The molecule has 0 aliphatic carbocycles. The van der Waals surface area contributed by atoms with Gasteiger partial charge in [-0.25, -0.2) is 9.59 Å². The number of amides is 1. The highest BCUT2D eigenvalue weighted by atomic mass is 35.5. The molecule has 0 heterocycles. The standard InChI is InChI=1S/C18H18ClNO5/c19-14-8-6-12(7-9-14)10-15(16(21)17(22)23)20-18(24)25-11-13-4-2-1-3-5-13/h1-9,15-16,21H,10-11H2,(H,20,24)(H,22,23). The van der Waals surface area contributed by atoms with E-state index in [0.29, 0.717) is 5.02 Å². The molecule has 0 aromatic heterocycles. The Hall–Kier alpha value is -2.57. The number of carboxylic acid groups (broad SMARTS) is 1. The van der Waals surface area contributed by atoms with Gasteiger partial charge in [0, 0.05) is 5.02 Å². The number of halogens is 1. The van der Waals surface area contributed by atoms with Crippen molar-refractivity contribution < 1.29 is 24.5 Å². The van der Waals surface area contributed by atoms with Crippen LogP contribution < -0.4 is 5.32 Å². The Morgan fingerprint density at radius 2 is 1.68 bits per heavy atom. The third-order valence-electron chi connectivity index (χ3n) is 3.52. The Bertz CT molecular complexity index is 705. The van der Waals surface area contributed by atoms with Gasteiger partial charge in [0.15, 0.2) is 6.10 Å². The van der Waals surface area contributed by atoms with Crippen LogP contribution in [0.1, 0.15) is 11.1 Å². The molecule has 2 rings (SSSR count). The number of hydrogen-bond donors (Lipinski definition) is 3. The van der Waals surface area contributed by atoms with Crippen LogP contribution in [0.2, 0.25) is 5.02 Å². The summed E-state index contributed by atoms with van der Waals surface area (Å²) < 4.78 is 5.07. The zero-order chi connectivity index (χ0) is 18.2. The number of hydrogen-bond acceptors (Lipinski definition) is 4. The predicted molar refractivity (Wildman–Crippen MR) is 92.3 cm³/mol. The molecule has 0 spiro atoms. The quantitative estimate of drug-likeness (QED) is 0.702. The summed E-state index contributed by atoms with van der Waals surface area (Å²) in [5.41, 5.74) is 1.52. The maximum Gasteiger partial charge on any atom is 0.407 e. The topological polar surface area (TPSA) is 95.9 Å². The fourth-order valence-corrected chi connectivity index (χ4v) is 2.33.